The van der Waals surface area contributed by atoms with E-state index in [1.54, 1.807) is 0 Å². The van der Waals surface area contributed by atoms with Gasteiger partial charge in [-0.25, -0.2) is 0 Å². The lowest BCUT2D eigenvalue weighted by atomic mass is 9.85. The van der Waals surface area contributed by atoms with E-state index in [-0.39, 0.29) is 24.6 Å². The van der Waals surface area contributed by atoms with E-state index in [9.17, 15) is 4.79 Å². The zero-order valence-electron chi connectivity index (χ0n) is 12.9. The highest BCUT2D eigenvalue weighted by atomic mass is 35.5. The number of hydrogen-bond donors (Lipinski definition) is 1. The summed E-state index contributed by atoms with van der Waals surface area (Å²) in [4.78, 5) is 14.5. The molecule has 0 aromatic rings. The molecule has 0 aliphatic carbocycles. The molecule has 2 heterocycles. The lowest BCUT2D eigenvalue weighted by Crippen LogP contribution is -2.51. The maximum atomic E-state index is 12.5. The van der Waals surface area contributed by atoms with Crippen molar-refractivity contribution in [3.05, 3.63) is 0 Å². The Kier molecular flexibility index (Phi) is 7.27. The smallest absolute Gasteiger partial charge is 0.223 e. The molecule has 0 radical (unpaired) electrons. The quantitative estimate of drug-likeness (QED) is 0.868. The van der Waals surface area contributed by atoms with Gasteiger partial charge in [0.15, 0.2) is 0 Å². The van der Waals surface area contributed by atoms with Crippen LogP contribution >= 0.6 is 12.4 Å². The molecule has 1 amide bonds. The number of ether oxygens (including phenoxy) is 1. The van der Waals surface area contributed by atoms with Crippen molar-refractivity contribution in [2.75, 3.05) is 26.2 Å². The molecule has 2 aliphatic rings. The van der Waals surface area contributed by atoms with Crippen LogP contribution in [0.25, 0.3) is 0 Å². The van der Waals surface area contributed by atoms with Gasteiger partial charge in [-0.1, -0.05) is 6.92 Å². The molecule has 2 saturated heterocycles. The first-order valence-electron chi connectivity index (χ1n) is 7.71. The monoisotopic (exact) mass is 304 g/mol. The van der Waals surface area contributed by atoms with Gasteiger partial charge in [0.1, 0.15) is 0 Å². The van der Waals surface area contributed by atoms with Gasteiger partial charge in [0, 0.05) is 13.0 Å². The first-order chi connectivity index (χ1) is 9.09. The molecular formula is C15H29ClN2O2. The minimum absolute atomic E-state index is 0. The Hall–Kier alpha value is -0.320. The van der Waals surface area contributed by atoms with E-state index in [0.29, 0.717) is 30.8 Å². The summed E-state index contributed by atoms with van der Waals surface area (Å²) in [6.45, 7) is 10.0. The minimum Gasteiger partial charge on any atom is -0.375 e. The molecule has 118 valence electrons. The number of piperidine rings is 1. The van der Waals surface area contributed by atoms with E-state index >= 15 is 0 Å². The zero-order valence-corrected chi connectivity index (χ0v) is 13.7. The summed E-state index contributed by atoms with van der Waals surface area (Å²) in [5.41, 5.74) is 0. The molecule has 20 heavy (non-hydrogen) atoms. The molecule has 4 nitrogen and oxygen atoms in total. The van der Waals surface area contributed by atoms with E-state index in [1.807, 2.05) is 4.90 Å². The van der Waals surface area contributed by atoms with Crippen molar-refractivity contribution in [3.63, 3.8) is 0 Å². The third-order valence-corrected chi connectivity index (χ3v) is 4.84. The largest absolute Gasteiger partial charge is 0.375 e. The Morgan fingerprint density at radius 1 is 1.45 bits per heavy atom. The van der Waals surface area contributed by atoms with Crippen molar-refractivity contribution in [2.45, 2.75) is 52.2 Å². The van der Waals surface area contributed by atoms with Crippen molar-refractivity contribution in [1.82, 2.24) is 10.2 Å². The number of nitrogens with one attached hydrogen (secondary N) is 1. The molecule has 0 aromatic heterocycles. The first-order valence-corrected chi connectivity index (χ1v) is 7.71. The van der Waals surface area contributed by atoms with Crippen LogP contribution in [0.15, 0.2) is 0 Å². The van der Waals surface area contributed by atoms with Crippen molar-refractivity contribution >= 4 is 18.3 Å². The number of amides is 1. The Bertz CT molecular complexity index is 308. The molecule has 5 heteroatoms. The predicted molar refractivity (Wildman–Crippen MR) is 83.2 cm³/mol. The number of hydrogen-bond acceptors (Lipinski definition) is 3. The summed E-state index contributed by atoms with van der Waals surface area (Å²) >= 11 is 0. The number of carbonyl (C=O) groups excluding carboxylic acids is 1. The normalized spacial score (nSPS) is 32.4. The lowest BCUT2D eigenvalue weighted by molar-refractivity contribution is -0.145. The van der Waals surface area contributed by atoms with Gasteiger partial charge in [-0.15, -0.1) is 12.4 Å². The Morgan fingerprint density at radius 3 is 2.85 bits per heavy atom. The zero-order chi connectivity index (χ0) is 13.8. The second-order valence-electron chi connectivity index (χ2n) is 6.19. The molecule has 2 fully saturated rings. The van der Waals surface area contributed by atoms with Gasteiger partial charge in [-0.2, -0.15) is 0 Å². The van der Waals surface area contributed by atoms with Crippen molar-refractivity contribution in [1.29, 1.82) is 0 Å². The second-order valence-corrected chi connectivity index (χ2v) is 6.19. The summed E-state index contributed by atoms with van der Waals surface area (Å²) in [5.74, 6) is 1.44. The van der Waals surface area contributed by atoms with Crippen molar-refractivity contribution in [2.24, 2.45) is 11.8 Å². The highest BCUT2D eigenvalue weighted by Crippen LogP contribution is 2.24. The molecular weight excluding hydrogens is 276 g/mol. The number of rotatable bonds is 3. The summed E-state index contributed by atoms with van der Waals surface area (Å²) in [7, 11) is 0. The van der Waals surface area contributed by atoms with Gasteiger partial charge < -0.3 is 15.0 Å². The summed E-state index contributed by atoms with van der Waals surface area (Å²) in [5, 5.41) is 3.44. The fourth-order valence-electron chi connectivity index (χ4n) is 3.21. The van der Waals surface area contributed by atoms with Crippen LogP contribution in [0.3, 0.4) is 0 Å². The van der Waals surface area contributed by atoms with Crippen LogP contribution in [0, 0.1) is 11.8 Å². The van der Waals surface area contributed by atoms with Crippen LogP contribution in [0.1, 0.15) is 40.0 Å². The van der Waals surface area contributed by atoms with Crippen LogP contribution in [-0.4, -0.2) is 49.2 Å². The second kappa shape index (κ2) is 8.20. The molecule has 4 unspecified atom stereocenters. The van der Waals surface area contributed by atoms with Crippen LogP contribution in [-0.2, 0) is 9.53 Å². The highest BCUT2D eigenvalue weighted by Gasteiger charge is 2.31. The number of halogens is 1. The topological polar surface area (TPSA) is 41.6 Å². The third-order valence-electron chi connectivity index (χ3n) is 4.84. The molecule has 0 aromatic carbocycles. The fourth-order valence-corrected chi connectivity index (χ4v) is 3.21. The molecule has 2 aliphatic heterocycles. The molecule has 0 saturated carbocycles. The Balaban J connectivity index is 0.00000200. The van der Waals surface area contributed by atoms with E-state index in [1.165, 1.54) is 12.8 Å². The van der Waals surface area contributed by atoms with E-state index in [2.05, 4.69) is 26.1 Å². The molecule has 1 N–H and O–H groups in total. The number of carbonyl (C=O) groups is 1. The molecule has 4 atom stereocenters. The lowest BCUT2D eigenvalue weighted by Gasteiger charge is -2.39. The van der Waals surface area contributed by atoms with Crippen molar-refractivity contribution in [3.8, 4) is 0 Å². The van der Waals surface area contributed by atoms with Gasteiger partial charge in [0.25, 0.3) is 0 Å². The van der Waals surface area contributed by atoms with Crippen LogP contribution in [0.5, 0.6) is 0 Å². The Labute approximate surface area is 129 Å². The van der Waals surface area contributed by atoms with E-state index in [0.717, 1.165) is 19.6 Å². The summed E-state index contributed by atoms with van der Waals surface area (Å²) < 4.78 is 5.59. The van der Waals surface area contributed by atoms with Crippen LogP contribution < -0.4 is 5.32 Å². The molecule has 2 rings (SSSR count). The maximum absolute atomic E-state index is 12.5. The first kappa shape index (κ1) is 17.7. The van der Waals surface area contributed by atoms with Crippen molar-refractivity contribution < 1.29 is 9.53 Å². The van der Waals surface area contributed by atoms with Gasteiger partial charge in [-0.05, 0) is 51.6 Å². The SMILES string of the molecule is CC(CC(=O)N1CCOC(C)C1C)C1CCCNC1.Cl. The van der Waals surface area contributed by atoms with Gasteiger partial charge in [-0.3, -0.25) is 4.79 Å². The average Bonchev–Trinajstić information content (AvgIpc) is 2.42. The van der Waals surface area contributed by atoms with Gasteiger partial charge >= 0.3 is 0 Å². The predicted octanol–water partition coefficient (Wildman–Crippen LogP) is 2.07. The summed E-state index contributed by atoms with van der Waals surface area (Å²) in [6, 6.07) is 0.206. The average molecular weight is 305 g/mol. The fraction of sp³-hybridized carbons (Fsp3) is 0.933. The van der Waals surface area contributed by atoms with Crippen LogP contribution in [0.4, 0.5) is 0 Å². The van der Waals surface area contributed by atoms with Gasteiger partial charge in [0.2, 0.25) is 5.91 Å². The van der Waals surface area contributed by atoms with Crippen LogP contribution in [0.2, 0.25) is 0 Å². The van der Waals surface area contributed by atoms with E-state index < -0.39 is 0 Å². The standard InChI is InChI=1S/C15H28N2O2.ClH/c1-11(14-5-4-6-16-10-14)9-15(18)17-7-8-19-13(3)12(17)2;/h11-14,16H,4-10H2,1-3H3;1H. The Morgan fingerprint density at radius 2 is 2.20 bits per heavy atom. The van der Waals surface area contributed by atoms with Gasteiger partial charge in [0.05, 0.1) is 18.8 Å². The minimum atomic E-state index is 0. The molecule has 0 bridgehead atoms. The highest BCUT2D eigenvalue weighted by molar-refractivity contribution is 5.85. The summed E-state index contributed by atoms with van der Waals surface area (Å²) in [6.07, 6.45) is 3.35. The number of morpholine rings is 1. The maximum Gasteiger partial charge on any atom is 0.223 e. The number of nitrogens with zero attached hydrogens (tertiary/aromatic N) is 1. The van der Waals surface area contributed by atoms with E-state index in [4.69, 9.17) is 4.74 Å². The molecule has 0 spiro atoms. The third kappa shape index (κ3) is 4.34.